The number of likely N-dealkylation sites (N-methyl/N-ethyl adjacent to an activating group) is 1. The fourth-order valence-corrected chi connectivity index (χ4v) is 4.40. The van der Waals surface area contributed by atoms with Crippen LogP contribution in [-0.2, 0) is 16.0 Å². The van der Waals surface area contributed by atoms with Crippen molar-refractivity contribution in [1.82, 2.24) is 9.88 Å². The van der Waals surface area contributed by atoms with Gasteiger partial charge in [-0.05, 0) is 32.5 Å². The summed E-state index contributed by atoms with van der Waals surface area (Å²) in [6.45, 7) is 8.41. The Hall–Kier alpha value is -0.720. The van der Waals surface area contributed by atoms with Gasteiger partial charge in [0, 0.05) is 36.2 Å². The zero-order valence-electron chi connectivity index (χ0n) is 13.6. The number of aryl methyl sites for hydroxylation is 1. The van der Waals surface area contributed by atoms with E-state index < -0.39 is 0 Å². The van der Waals surface area contributed by atoms with Crippen LogP contribution in [0.2, 0.25) is 0 Å². The molecule has 2 atom stereocenters. The quantitative estimate of drug-likeness (QED) is 0.863. The average Bonchev–Trinajstić information content (AvgIpc) is 2.72. The minimum Gasteiger partial charge on any atom is -0.378 e. The van der Waals surface area contributed by atoms with Gasteiger partial charge in [-0.25, -0.2) is 0 Å². The minimum absolute atomic E-state index is 0.0496. The van der Waals surface area contributed by atoms with Gasteiger partial charge in [-0.15, -0.1) is 11.3 Å². The molecule has 1 aromatic heterocycles. The van der Waals surface area contributed by atoms with Crippen LogP contribution in [0.4, 0.5) is 0 Å². The fourth-order valence-electron chi connectivity index (χ4n) is 3.12. The van der Waals surface area contributed by atoms with Crippen LogP contribution in [-0.4, -0.2) is 41.6 Å². The van der Waals surface area contributed by atoms with Crippen LogP contribution < -0.4 is 0 Å². The van der Waals surface area contributed by atoms with Gasteiger partial charge in [-0.2, -0.15) is 0 Å². The zero-order chi connectivity index (χ0) is 16.0. The number of nitrogens with one attached hydrogen (secondary N) is 1. The van der Waals surface area contributed by atoms with Crippen molar-refractivity contribution in [1.29, 1.82) is 0 Å². The van der Waals surface area contributed by atoms with Crippen molar-refractivity contribution in [3.63, 3.8) is 0 Å². The number of carbonyl (C=O) groups is 1. The predicted octanol–water partition coefficient (Wildman–Crippen LogP) is 3.32. The average molecular weight is 329 g/mol. The van der Waals surface area contributed by atoms with Gasteiger partial charge in [0.1, 0.15) is 0 Å². The molecule has 1 aliphatic carbocycles. The smallest absolute Gasteiger partial charge is 0.227 e. The molecule has 1 saturated carbocycles. The van der Waals surface area contributed by atoms with Crippen molar-refractivity contribution in [2.45, 2.75) is 52.2 Å². The number of ether oxygens (including phenoxy) is 1. The molecule has 2 rings (SSSR count). The Morgan fingerprint density at radius 1 is 1.52 bits per heavy atom. The maximum atomic E-state index is 12.5. The lowest BCUT2D eigenvalue weighted by molar-refractivity contribution is -0.207. The van der Waals surface area contributed by atoms with Crippen molar-refractivity contribution in [3.8, 4) is 0 Å². The van der Waals surface area contributed by atoms with E-state index >= 15 is 0 Å². The predicted molar refractivity (Wildman–Crippen MR) is 88.3 cm³/mol. The number of thiazole rings is 1. The number of hydrogen-bond donors (Lipinski definition) is 1. The maximum absolute atomic E-state index is 12.5. The molecule has 6 heteroatoms. The first-order valence-corrected chi connectivity index (χ1v) is 8.34. The van der Waals surface area contributed by atoms with Crippen molar-refractivity contribution in [2.75, 3.05) is 14.2 Å². The molecule has 1 fully saturated rings. The second kappa shape index (κ2) is 5.48. The number of carbonyl (C=O) groups excluding carboxylic acids is 1. The van der Waals surface area contributed by atoms with E-state index in [1.165, 1.54) is 11.3 Å². The summed E-state index contributed by atoms with van der Waals surface area (Å²) in [5.41, 5.74) is 0.792. The first kappa shape index (κ1) is 16.6. The Bertz CT molecular complexity index is 605. The van der Waals surface area contributed by atoms with E-state index in [0.29, 0.717) is 6.42 Å². The lowest BCUT2D eigenvalue weighted by Crippen LogP contribution is -2.68. The molecule has 1 aromatic rings. The normalized spacial score (nSPS) is 27.2. The van der Waals surface area contributed by atoms with Gasteiger partial charge in [0.25, 0.3) is 0 Å². The molecule has 0 saturated heterocycles. The topological polar surface area (TPSA) is 45.3 Å². The number of aromatic nitrogens is 1. The molecule has 1 heterocycles. The molecular formula is C15H24N2O2S2. The van der Waals surface area contributed by atoms with Crippen molar-refractivity contribution < 1.29 is 9.53 Å². The van der Waals surface area contributed by atoms with Gasteiger partial charge >= 0.3 is 0 Å². The Morgan fingerprint density at radius 2 is 2.14 bits per heavy atom. The summed E-state index contributed by atoms with van der Waals surface area (Å²) in [6.07, 6.45) is 1.29. The third kappa shape index (κ3) is 2.69. The summed E-state index contributed by atoms with van der Waals surface area (Å²) >= 11 is 6.62. The van der Waals surface area contributed by atoms with Crippen LogP contribution in [0.5, 0.6) is 0 Å². The number of H-pyrrole nitrogens is 1. The number of amides is 1. The van der Waals surface area contributed by atoms with Crippen molar-refractivity contribution in [3.05, 3.63) is 14.5 Å². The number of nitrogens with zero attached hydrogens (tertiary/aromatic N) is 1. The Labute approximate surface area is 135 Å². The minimum atomic E-state index is -0.160. The third-order valence-corrected chi connectivity index (χ3v) is 6.66. The molecule has 1 aliphatic rings. The van der Waals surface area contributed by atoms with Crippen molar-refractivity contribution >= 4 is 29.5 Å². The van der Waals surface area contributed by atoms with E-state index in [1.54, 1.807) is 7.11 Å². The highest BCUT2D eigenvalue weighted by molar-refractivity contribution is 7.73. The summed E-state index contributed by atoms with van der Waals surface area (Å²) in [7, 11) is 3.64. The molecule has 0 radical (unpaired) electrons. The molecule has 0 spiro atoms. The highest BCUT2D eigenvalue weighted by atomic mass is 32.1. The molecule has 118 valence electrons. The van der Waals surface area contributed by atoms with Gasteiger partial charge < -0.3 is 14.6 Å². The van der Waals surface area contributed by atoms with Crippen LogP contribution >= 0.6 is 23.6 Å². The third-order valence-electron chi connectivity index (χ3n) is 5.33. The maximum Gasteiger partial charge on any atom is 0.227 e. The van der Waals surface area contributed by atoms with Crippen molar-refractivity contribution in [2.24, 2.45) is 5.41 Å². The Balaban J connectivity index is 2.08. The van der Waals surface area contributed by atoms with E-state index in [1.807, 2.05) is 18.9 Å². The van der Waals surface area contributed by atoms with E-state index in [2.05, 4.69) is 25.8 Å². The van der Waals surface area contributed by atoms with Gasteiger partial charge in [0.2, 0.25) is 5.91 Å². The van der Waals surface area contributed by atoms with E-state index in [-0.39, 0.29) is 23.0 Å². The standard InChI is InChI=1S/C15H24N2O2S2/c1-9-10(21-13(20)16-9)7-12(18)17(5)11-8-15(4,19-6)14(11,2)3/h11H,7-8H2,1-6H3,(H,16,20)/t11-,15-/m1/s1. The molecule has 1 N–H and O–H groups in total. The van der Waals surface area contributed by atoms with Crippen LogP contribution in [0, 0.1) is 16.3 Å². The molecule has 0 aliphatic heterocycles. The van der Waals surface area contributed by atoms with Gasteiger partial charge in [0.15, 0.2) is 3.95 Å². The van der Waals surface area contributed by atoms with Gasteiger partial charge in [-0.3, -0.25) is 4.79 Å². The zero-order valence-corrected chi connectivity index (χ0v) is 15.2. The molecule has 0 unspecified atom stereocenters. The highest BCUT2D eigenvalue weighted by Gasteiger charge is 2.59. The summed E-state index contributed by atoms with van der Waals surface area (Å²) in [5, 5.41) is 0. The molecule has 4 nitrogen and oxygen atoms in total. The SMILES string of the molecule is CO[C@]1(C)C[C@@H](N(C)C(=O)Cc2sc(=S)[nH]c2C)C1(C)C. The summed E-state index contributed by atoms with van der Waals surface area (Å²) in [4.78, 5) is 18.5. The Kier molecular flexibility index (Phi) is 4.35. The highest BCUT2D eigenvalue weighted by Crippen LogP contribution is 2.53. The largest absolute Gasteiger partial charge is 0.378 e. The molecule has 0 bridgehead atoms. The van der Waals surface area contributed by atoms with Gasteiger partial charge in [0.05, 0.1) is 12.0 Å². The number of rotatable bonds is 4. The Morgan fingerprint density at radius 3 is 2.57 bits per heavy atom. The molecular weight excluding hydrogens is 304 g/mol. The summed E-state index contributed by atoms with van der Waals surface area (Å²) < 4.78 is 6.37. The summed E-state index contributed by atoms with van der Waals surface area (Å²) in [5.74, 6) is 0.138. The van der Waals surface area contributed by atoms with E-state index in [9.17, 15) is 4.79 Å². The molecule has 0 aromatic carbocycles. The molecule has 1 amide bonds. The first-order valence-electron chi connectivity index (χ1n) is 7.12. The lowest BCUT2D eigenvalue weighted by Gasteiger charge is -2.61. The molecule has 21 heavy (non-hydrogen) atoms. The second-order valence-electron chi connectivity index (χ2n) is 6.62. The lowest BCUT2D eigenvalue weighted by atomic mass is 9.55. The number of methoxy groups -OCH3 is 1. The fraction of sp³-hybridized carbons (Fsp3) is 0.733. The van der Waals surface area contributed by atoms with Crippen LogP contribution in [0.1, 0.15) is 37.8 Å². The number of aromatic amines is 1. The summed E-state index contributed by atoms with van der Waals surface area (Å²) in [6, 6.07) is 0.210. The van der Waals surface area contributed by atoms with Crippen LogP contribution in [0.15, 0.2) is 0 Å². The van der Waals surface area contributed by atoms with Crippen LogP contribution in [0.25, 0.3) is 0 Å². The monoisotopic (exact) mass is 328 g/mol. The van der Waals surface area contributed by atoms with E-state index in [4.69, 9.17) is 17.0 Å². The van der Waals surface area contributed by atoms with Crippen LogP contribution in [0.3, 0.4) is 0 Å². The first-order chi connectivity index (χ1) is 9.62. The second-order valence-corrected chi connectivity index (χ2v) is 8.39. The van der Waals surface area contributed by atoms with E-state index in [0.717, 1.165) is 20.9 Å². The van der Waals surface area contributed by atoms with Gasteiger partial charge in [-0.1, -0.05) is 13.8 Å². The number of hydrogen-bond acceptors (Lipinski definition) is 4.